The van der Waals surface area contributed by atoms with Crippen LogP contribution in [0.1, 0.15) is 154 Å². The number of carbonyl (C=O) groups is 4. The molecular formula is C46H72O10. The van der Waals surface area contributed by atoms with E-state index in [0.717, 1.165) is 101 Å². The van der Waals surface area contributed by atoms with Crippen molar-refractivity contribution in [3.8, 4) is 0 Å². The molecular weight excluding hydrogens is 712 g/mol. The smallest absolute Gasteiger partial charge is 0.330 e. The largest absolute Gasteiger partial charge is 0.463 e. The number of ether oxygens (including phenoxy) is 6. The van der Waals surface area contributed by atoms with Gasteiger partial charge in [-0.1, -0.05) is 90.2 Å². The average molecular weight is 785 g/mol. The van der Waals surface area contributed by atoms with Gasteiger partial charge in [0, 0.05) is 12.2 Å². The fourth-order valence-electron chi connectivity index (χ4n) is 10.2. The summed E-state index contributed by atoms with van der Waals surface area (Å²) in [4.78, 5) is 48.9. The third-order valence-corrected chi connectivity index (χ3v) is 13.9. The Morgan fingerprint density at radius 2 is 0.732 bits per heavy atom. The van der Waals surface area contributed by atoms with Crippen LogP contribution in [0.15, 0.2) is 25.3 Å². The van der Waals surface area contributed by atoms with Crippen LogP contribution in [-0.2, 0) is 47.6 Å². The lowest BCUT2D eigenvalue weighted by Gasteiger charge is -2.35. The maximum atomic E-state index is 13.3. The first-order valence-corrected chi connectivity index (χ1v) is 22.5. The van der Waals surface area contributed by atoms with E-state index in [2.05, 4.69) is 13.2 Å². The highest BCUT2D eigenvalue weighted by molar-refractivity contribution is 5.81. The Hall–Kier alpha value is -2.72. The number of hydrogen-bond donors (Lipinski definition) is 0. The van der Waals surface area contributed by atoms with Gasteiger partial charge in [-0.15, -0.1) is 0 Å². The molecule has 10 heteroatoms. The number of carbonyl (C=O) groups excluding carboxylic acids is 4. The molecule has 0 aromatic rings. The molecule has 2 atom stereocenters. The summed E-state index contributed by atoms with van der Waals surface area (Å²) >= 11 is 0. The highest BCUT2D eigenvalue weighted by Gasteiger charge is 2.39. The molecule has 10 nitrogen and oxygen atoms in total. The predicted molar refractivity (Wildman–Crippen MR) is 213 cm³/mol. The zero-order chi connectivity index (χ0) is 39.5. The first-order chi connectivity index (χ1) is 27.3. The van der Waals surface area contributed by atoms with E-state index in [1.807, 2.05) is 0 Å². The minimum Gasteiger partial charge on any atom is -0.463 e. The highest BCUT2D eigenvalue weighted by Crippen LogP contribution is 2.40. The Morgan fingerprint density at radius 3 is 1.04 bits per heavy atom. The summed E-state index contributed by atoms with van der Waals surface area (Å²) in [5, 5.41) is 0. The van der Waals surface area contributed by atoms with Gasteiger partial charge in [0.05, 0.1) is 38.3 Å². The summed E-state index contributed by atoms with van der Waals surface area (Å²) in [5.41, 5.74) is 0. The van der Waals surface area contributed by atoms with Gasteiger partial charge in [0.1, 0.15) is 0 Å². The van der Waals surface area contributed by atoms with Crippen LogP contribution < -0.4 is 0 Å². The van der Waals surface area contributed by atoms with Crippen molar-refractivity contribution in [1.29, 1.82) is 0 Å². The Bertz CT molecular complexity index is 1120. The molecule has 4 aliphatic carbocycles. The molecule has 56 heavy (non-hydrogen) atoms. The topological polar surface area (TPSA) is 124 Å². The maximum Gasteiger partial charge on any atom is 0.330 e. The minimum atomic E-state index is -1.02. The number of hydrogen-bond acceptors (Lipinski definition) is 10. The molecule has 1 aliphatic heterocycles. The molecule has 0 amide bonds. The van der Waals surface area contributed by atoms with Gasteiger partial charge in [0.15, 0.2) is 0 Å². The summed E-state index contributed by atoms with van der Waals surface area (Å²) in [6.07, 6.45) is 27.3. The van der Waals surface area contributed by atoms with Gasteiger partial charge in [-0.05, 0) is 113 Å². The standard InChI is InChI=1S/C46H72O10/c1-3-41(47)51-29-5-7-33-9-13-35(14-10-33)17-19-37-21-25-39(26-22-37)43(49)55-45-46(54-32-31-53-45)56-44(50)40-27-23-38(24-28-40)20-18-36-15-11-34(12-16-36)8-6-30-52-42(48)4-2/h3-4,33-40,45-46H,1-2,5-32H2/t33-,34-,35-,36-,37-,38-,39-,40-,45-,46-/m1/s1. The predicted octanol–water partition coefficient (Wildman–Crippen LogP) is 9.58. The van der Waals surface area contributed by atoms with Gasteiger partial charge < -0.3 is 28.4 Å². The molecule has 1 heterocycles. The van der Waals surface area contributed by atoms with E-state index in [9.17, 15) is 19.2 Å². The van der Waals surface area contributed by atoms with E-state index in [1.54, 1.807) is 0 Å². The van der Waals surface area contributed by atoms with Crippen molar-refractivity contribution in [3.63, 3.8) is 0 Å². The van der Waals surface area contributed by atoms with Crippen molar-refractivity contribution in [2.45, 2.75) is 167 Å². The Labute approximate surface area is 336 Å². The lowest BCUT2D eigenvalue weighted by molar-refractivity contribution is -0.305. The van der Waals surface area contributed by atoms with Crippen LogP contribution in [-0.4, -0.2) is 62.9 Å². The molecule has 5 rings (SSSR count). The summed E-state index contributed by atoms with van der Waals surface area (Å²) in [7, 11) is 0. The molecule has 0 aromatic carbocycles. The average Bonchev–Trinajstić information content (AvgIpc) is 3.24. The molecule has 0 N–H and O–H groups in total. The quantitative estimate of drug-likeness (QED) is 0.0510. The molecule has 0 radical (unpaired) electrons. The first-order valence-electron chi connectivity index (χ1n) is 22.5. The monoisotopic (exact) mass is 785 g/mol. The zero-order valence-corrected chi connectivity index (χ0v) is 34.2. The van der Waals surface area contributed by atoms with Crippen molar-refractivity contribution in [3.05, 3.63) is 25.3 Å². The van der Waals surface area contributed by atoms with Crippen LogP contribution in [0.2, 0.25) is 0 Å². The second-order valence-corrected chi connectivity index (χ2v) is 17.7. The van der Waals surface area contributed by atoms with Crippen LogP contribution in [0.4, 0.5) is 0 Å². The second kappa shape index (κ2) is 24.3. The van der Waals surface area contributed by atoms with E-state index in [4.69, 9.17) is 28.4 Å². The molecule has 0 aromatic heterocycles. The summed E-state index contributed by atoms with van der Waals surface area (Å²) < 4.78 is 33.4. The van der Waals surface area contributed by atoms with Crippen LogP contribution in [0.25, 0.3) is 0 Å². The third kappa shape index (κ3) is 15.2. The van der Waals surface area contributed by atoms with Crippen molar-refractivity contribution in [1.82, 2.24) is 0 Å². The number of esters is 4. The molecule has 316 valence electrons. The molecule has 1 saturated heterocycles. The van der Waals surface area contributed by atoms with Gasteiger partial charge in [0.25, 0.3) is 12.6 Å². The van der Waals surface area contributed by atoms with Crippen molar-refractivity contribution < 1.29 is 47.6 Å². The maximum absolute atomic E-state index is 13.3. The SMILES string of the molecule is C=CC(=O)OCCC[C@H]1CC[C@H](CC[C@H]2CC[C@H](C(=O)O[C@H]3OCCO[C@@H]3OC(=O)[C@H]3CC[C@H](CC[C@H]4CC[C@H](CCCOC(=O)C=C)CC4)CC3)CC2)CC1. The highest BCUT2D eigenvalue weighted by atomic mass is 16.8. The first kappa shape index (κ1) is 44.4. The Balaban J connectivity index is 0.905. The molecule has 0 unspecified atom stereocenters. The molecule has 5 fully saturated rings. The van der Waals surface area contributed by atoms with Crippen LogP contribution in [0.5, 0.6) is 0 Å². The van der Waals surface area contributed by atoms with Crippen molar-refractivity contribution in [2.75, 3.05) is 26.4 Å². The van der Waals surface area contributed by atoms with Gasteiger partial charge in [-0.25, -0.2) is 9.59 Å². The lowest BCUT2D eigenvalue weighted by Crippen LogP contribution is -2.46. The van der Waals surface area contributed by atoms with Crippen molar-refractivity contribution in [2.24, 2.45) is 47.3 Å². The fraction of sp³-hybridized carbons (Fsp3) is 0.826. The van der Waals surface area contributed by atoms with Crippen LogP contribution in [0.3, 0.4) is 0 Å². The van der Waals surface area contributed by atoms with Gasteiger partial charge in [0.2, 0.25) is 0 Å². The van der Waals surface area contributed by atoms with Gasteiger partial charge >= 0.3 is 23.9 Å². The summed E-state index contributed by atoms with van der Waals surface area (Å²) in [6, 6.07) is 0. The molecule has 5 aliphatic rings. The molecule has 4 saturated carbocycles. The van der Waals surface area contributed by atoms with Crippen molar-refractivity contribution >= 4 is 23.9 Å². The minimum absolute atomic E-state index is 0.153. The molecule has 0 spiro atoms. The van der Waals surface area contributed by atoms with E-state index >= 15 is 0 Å². The van der Waals surface area contributed by atoms with Crippen LogP contribution in [0, 0.1) is 47.3 Å². The Kier molecular flexibility index (Phi) is 19.2. The van der Waals surface area contributed by atoms with E-state index in [0.29, 0.717) is 38.3 Å². The van der Waals surface area contributed by atoms with Crippen LogP contribution >= 0.6 is 0 Å². The normalized spacial score (nSPS) is 32.4. The lowest BCUT2D eigenvalue weighted by atomic mass is 9.75. The van der Waals surface area contributed by atoms with E-state index < -0.39 is 12.6 Å². The Morgan fingerprint density at radius 1 is 0.446 bits per heavy atom. The van der Waals surface area contributed by atoms with Gasteiger partial charge in [-0.3, -0.25) is 9.59 Å². The fourth-order valence-corrected chi connectivity index (χ4v) is 10.2. The third-order valence-electron chi connectivity index (χ3n) is 13.9. The summed E-state index contributed by atoms with van der Waals surface area (Å²) in [5.74, 6) is 2.91. The second-order valence-electron chi connectivity index (χ2n) is 17.7. The summed E-state index contributed by atoms with van der Waals surface area (Å²) in [6.45, 7) is 8.46. The molecule has 0 bridgehead atoms. The van der Waals surface area contributed by atoms with Gasteiger partial charge in [-0.2, -0.15) is 0 Å². The van der Waals surface area contributed by atoms with E-state index in [-0.39, 0.29) is 35.7 Å². The number of rotatable bonds is 20. The zero-order valence-electron chi connectivity index (χ0n) is 34.2. The van der Waals surface area contributed by atoms with E-state index in [1.165, 1.54) is 89.2 Å².